The number of piperazine rings is 1. The van der Waals surface area contributed by atoms with Crippen molar-refractivity contribution < 1.29 is 24.2 Å². The molecule has 2 heterocycles. The van der Waals surface area contributed by atoms with Crippen molar-refractivity contribution in [2.45, 2.75) is 24.9 Å². The second-order valence-electron chi connectivity index (χ2n) is 4.92. The van der Waals surface area contributed by atoms with E-state index in [9.17, 15) is 14.4 Å². The highest BCUT2D eigenvalue weighted by Gasteiger charge is 2.35. The highest BCUT2D eigenvalue weighted by atomic mass is 16.5. The van der Waals surface area contributed by atoms with Gasteiger partial charge >= 0.3 is 5.97 Å². The lowest BCUT2D eigenvalue weighted by Gasteiger charge is -2.35. The molecular formula is C12H19N3O5. The Hall–Kier alpha value is -1.67. The fraction of sp³-hybridized carbons (Fsp3) is 0.750. The van der Waals surface area contributed by atoms with Crippen LogP contribution in [0.4, 0.5) is 0 Å². The number of carboxylic acid groups (broad SMARTS) is 1. The van der Waals surface area contributed by atoms with Crippen molar-refractivity contribution in [2.24, 2.45) is 0 Å². The van der Waals surface area contributed by atoms with Crippen molar-refractivity contribution in [2.75, 3.05) is 32.8 Å². The highest BCUT2D eigenvalue weighted by molar-refractivity contribution is 5.91. The van der Waals surface area contributed by atoms with Crippen molar-refractivity contribution in [1.29, 1.82) is 0 Å². The molecule has 0 aromatic carbocycles. The van der Waals surface area contributed by atoms with Crippen LogP contribution in [0.3, 0.4) is 0 Å². The zero-order valence-corrected chi connectivity index (χ0v) is 11.1. The minimum atomic E-state index is -1.09. The van der Waals surface area contributed by atoms with Crippen molar-refractivity contribution >= 4 is 17.8 Å². The Morgan fingerprint density at radius 2 is 2.15 bits per heavy atom. The SMILES string of the molecule is O=C(O)CC1C(=O)NCCN1C(=O)CC1COCCN1. The summed E-state index contributed by atoms with van der Waals surface area (Å²) >= 11 is 0. The van der Waals surface area contributed by atoms with Crippen LogP contribution >= 0.6 is 0 Å². The maximum atomic E-state index is 12.3. The Bertz CT molecular complexity index is 395. The van der Waals surface area contributed by atoms with Gasteiger partial charge < -0.3 is 25.4 Å². The maximum absolute atomic E-state index is 12.3. The monoisotopic (exact) mass is 285 g/mol. The lowest BCUT2D eigenvalue weighted by atomic mass is 10.1. The van der Waals surface area contributed by atoms with Gasteiger partial charge in [0.2, 0.25) is 11.8 Å². The number of hydrogen-bond acceptors (Lipinski definition) is 5. The largest absolute Gasteiger partial charge is 0.481 e. The first-order chi connectivity index (χ1) is 9.58. The van der Waals surface area contributed by atoms with Gasteiger partial charge in [0.25, 0.3) is 0 Å². The zero-order chi connectivity index (χ0) is 14.5. The quantitative estimate of drug-likeness (QED) is 0.560. The number of amides is 2. The highest BCUT2D eigenvalue weighted by Crippen LogP contribution is 2.12. The van der Waals surface area contributed by atoms with E-state index in [1.165, 1.54) is 4.90 Å². The van der Waals surface area contributed by atoms with E-state index in [2.05, 4.69) is 10.6 Å². The summed E-state index contributed by atoms with van der Waals surface area (Å²) in [7, 11) is 0. The van der Waals surface area contributed by atoms with Gasteiger partial charge in [-0.2, -0.15) is 0 Å². The van der Waals surface area contributed by atoms with Gasteiger partial charge in [-0.15, -0.1) is 0 Å². The number of nitrogens with one attached hydrogen (secondary N) is 2. The molecule has 2 fully saturated rings. The molecule has 0 saturated carbocycles. The summed E-state index contributed by atoms with van der Waals surface area (Å²) in [5, 5.41) is 14.6. The van der Waals surface area contributed by atoms with Gasteiger partial charge in [-0.25, -0.2) is 0 Å². The smallest absolute Gasteiger partial charge is 0.305 e. The second-order valence-corrected chi connectivity index (χ2v) is 4.92. The normalized spacial score (nSPS) is 27.0. The first-order valence-electron chi connectivity index (χ1n) is 6.68. The summed E-state index contributed by atoms with van der Waals surface area (Å²) in [6.07, 6.45) is -0.157. The predicted octanol–water partition coefficient (Wildman–Crippen LogP) is -1.83. The lowest BCUT2D eigenvalue weighted by Crippen LogP contribution is -2.58. The molecule has 2 atom stereocenters. The molecule has 20 heavy (non-hydrogen) atoms. The van der Waals surface area contributed by atoms with E-state index in [1.54, 1.807) is 0 Å². The molecule has 8 heteroatoms. The van der Waals surface area contributed by atoms with E-state index in [1.807, 2.05) is 0 Å². The Kier molecular flexibility index (Phi) is 4.91. The third-order valence-corrected chi connectivity index (χ3v) is 3.44. The summed E-state index contributed by atoms with van der Waals surface area (Å²) in [6.45, 7) is 2.47. The van der Waals surface area contributed by atoms with Gasteiger partial charge in [0.15, 0.2) is 0 Å². The van der Waals surface area contributed by atoms with E-state index < -0.39 is 17.9 Å². The van der Waals surface area contributed by atoms with Gasteiger partial charge in [0.1, 0.15) is 6.04 Å². The van der Waals surface area contributed by atoms with E-state index in [4.69, 9.17) is 9.84 Å². The molecule has 0 aliphatic carbocycles. The molecule has 2 rings (SSSR count). The van der Waals surface area contributed by atoms with Gasteiger partial charge in [0, 0.05) is 32.1 Å². The number of hydrogen-bond donors (Lipinski definition) is 3. The van der Waals surface area contributed by atoms with Crippen LogP contribution < -0.4 is 10.6 Å². The average Bonchev–Trinajstić information content (AvgIpc) is 2.41. The summed E-state index contributed by atoms with van der Waals surface area (Å²) in [5.74, 6) is -1.71. The number of nitrogens with zero attached hydrogens (tertiary/aromatic N) is 1. The van der Waals surface area contributed by atoms with Gasteiger partial charge in [-0.1, -0.05) is 0 Å². The predicted molar refractivity (Wildman–Crippen MR) is 68.0 cm³/mol. The average molecular weight is 285 g/mol. The number of morpholine rings is 1. The molecule has 2 aliphatic heterocycles. The Balaban J connectivity index is 1.97. The number of carboxylic acids is 1. The number of carbonyl (C=O) groups excluding carboxylic acids is 2. The van der Waals surface area contributed by atoms with E-state index in [0.717, 1.165) is 0 Å². The Morgan fingerprint density at radius 3 is 2.80 bits per heavy atom. The van der Waals surface area contributed by atoms with Crippen LogP contribution in [0.2, 0.25) is 0 Å². The molecule has 0 radical (unpaired) electrons. The molecule has 2 unspecified atom stereocenters. The van der Waals surface area contributed by atoms with Crippen LogP contribution in [0.15, 0.2) is 0 Å². The van der Waals surface area contributed by atoms with E-state index in [0.29, 0.717) is 32.8 Å². The van der Waals surface area contributed by atoms with Crippen LogP contribution in [0, 0.1) is 0 Å². The van der Waals surface area contributed by atoms with Gasteiger partial charge in [-0.3, -0.25) is 14.4 Å². The third kappa shape index (κ3) is 3.67. The van der Waals surface area contributed by atoms with Crippen molar-refractivity contribution in [1.82, 2.24) is 15.5 Å². The maximum Gasteiger partial charge on any atom is 0.305 e. The summed E-state index contributed by atoms with van der Waals surface area (Å²) in [4.78, 5) is 36.2. The number of rotatable bonds is 4. The van der Waals surface area contributed by atoms with Crippen LogP contribution in [0.1, 0.15) is 12.8 Å². The zero-order valence-electron chi connectivity index (χ0n) is 11.1. The standard InChI is InChI=1S/C12H19N3O5/c16-10(5-8-7-20-4-2-13-8)15-3-1-14-12(19)9(15)6-11(17)18/h8-9,13H,1-7H2,(H,14,19)(H,17,18). The topological polar surface area (TPSA) is 108 Å². The Morgan fingerprint density at radius 1 is 1.35 bits per heavy atom. The minimum absolute atomic E-state index is 0.0771. The molecule has 2 amide bonds. The van der Waals surface area contributed by atoms with E-state index in [-0.39, 0.29) is 24.8 Å². The van der Waals surface area contributed by atoms with E-state index >= 15 is 0 Å². The van der Waals surface area contributed by atoms with Crippen LogP contribution in [0.5, 0.6) is 0 Å². The molecule has 3 N–H and O–H groups in total. The molecule has 0 aromatic heterocycles. The fourth-order valence-electron chi connectivity index (χ4n) is 2.46. The van der Waals surface area contributed by atoms with Crippen LogP contribution in [-0.2, 0) is 19.1 Å². The molecule has 2 aliphatic rings. The minimum Gasteiger partial charge on any atom is -0.481 e. The van der Waals surface area contributed by atoms with Crippen LogP contribution in [0.25, 0.3) is 0 Å². The lowest BCUT2D eigenvalue weighted by molar-refractivity contribution is -0.149. The number of aliphatic carboxylic acids is 1. The Labute approximate surface area is 116 Å². The first kappa shape index (κ1) is 14.7. The number of carbonyl (C=O) groups is 3. The molecule has 112 valence electrons. The van der Waals surface area contributed by atoms with Crippen LogP contribution in [-0.4, -0.2) is 72.7 Å². The van der Waals surface area contributed by atoms with Crippen molar-refractivity contribution in [3.8, 4) is 0 Å². The van der Waals surface area contributed by atoms with Gasteiger partial charge in [-0.05, 0) is 0 Å². The summed E-state index contributed by atoms with van der Waals surface area (Å²) in [6, 6.07) is -0.995. The molecule has 0 spiro atoms. The molecule has 8 nitrogen and oxygen atoms in total. The van der Waals surface area contributed by atoms with Gasteiger partial charge in [0.05, 0.1) is 19.6 Å². The molecule has 0 bridgehead atoms. The van der Waals surface area contributed by atoms with Crippen molar-refractivity contribution in [3.05, 3.63) is 0 Å². The second kappa shape index (κ2) is 6.67. The number of ether oxygens (including phenoxy) is 1. The molecule has 2 saturated heterocycles. The summed E-state index contributed by atoms with van der Waals surface area (Å²) in [5.41, 5.74) is 0. The summed E-state index contributed by atoms with van der Waals surface area (Å²) < 4.78 is 5.28. The molecular weight excluding hydrogens is 266 g/mol. The fourth-order valence-corrected chi connectivity index (χ4v) is 2.46. The van der Waals surface area contributed by atoms with Crippen molar-refractivity contribution in [3.63, 3.8) is 0 Å². The third-order valence-electron chi connectivity index (χ3n) is 3.44. The first-order valence-corrected chi connectivity index (χ1v) is 6.68. The molecule has 0 aromatic rings.